The number of pyridine rings is 1. The molecule has 2 aliphatic carbocycles. The summed E-state index contributed by atoms with van der Waals surface area (Å²) in [7, 11) is 1.54. The number of imide groups is 1. The van der Waals surface area contributed by atoms with Crippen LogP contribution in [0.1, 0.15) is 46.9 Å². The summed E-state index contributed by atoms with van der Waals surface area (Å²) in [6.45, 7) is 1.53. The van der Waals surface area contributed by atoms with Crippen molar-refractivity contribution in [3.8, 4) is 17.0 Å². The maximum Gasteiger partial charge on any atom is 0.339 e. The first kappa shape index (κ1) is 28.2. The second-order valence-corrected chi connectivity index (χ2v) is 12.2. The van der Waals surface area contributed by atoms with Crippen LogP contribution in [0.15, 0.2) is 72.8 Å². The lowest BCUT2D eigenvalue weighted by Crippen LogP contribution is -2.32. The van der Waals surface area contributed by atoms with E-state index in [4.69, 9.17) is 26.1 Å². The van der Waals surface area contributed by atoms with Crippen LogP contribution >= 0.6 is 11.6 Å². The smallest absolute Gasteiger partial charge is 0.339 e. The van der Waals surface area contributed by atoms with E-state index in [9.17, 15) is 19.2 Å². The summed E-state index contributed by atoms with van der Waals surface area (Å²) in [5.41, 5.74) is 2.82. The molecule has 1 aromatic heterocycles. The number of halogens is 1. The van der Waals surface area contributed by atoms with E-state index in [1.807, 2.05) is 0 Å². The van der Waals surface area contributed by atoms with Crippen molar-refractivity contribution < 1.29 is 28.7 Å². The molecular formula is C35H29ClN2O6. The van der Waals surface area contributed by atoms with E-state index in [1.54, 1.807) is 72.8 Å². The highest BCUT2D eigenvalue weighted by Crippen LogP contribution is 2.56. The first-order chi connectivity index (χ1) is 21.2. The molecular weight excluding hydrogens is 580 g/mol. The number of nitrogens with zero attached hydrogens (tertiary/aromatic N) is 2. The van der Waals surface area contributed by atoms with Crippen LogP contribution < -0.4 is 9.64 Å². The van der Waals surface area contributed by atoms with Gasteiger partial charge in [0.15, 0.2) is 6.10 Å². The second kappa shape index (κ2) is 10.9. The summed E-state index contributed by atoms with van der Waals surface area (Å²) in [4.78, 5) is 59.2. The number of carbonyl (C=O) groups excluding carboxylic acids is 4. The zero-order chi connectivity index (χ0) is 30.7. The zero-order valence-corrected chi connectivity index (χ0v) is 24.9. The number of hydrogen-bond donors (Lipinski definition) is 0. The lowest BCUT2D eigenvalue weighted by atomic mass is 9.81. The summed E-state index contributed by atoms with van der Waals surface area (Å²) in [6.07, 6.45) is 1.98. The van der Waals surface area contributed by atoms with Gasteiger partial charge in [-0.3, -0.25) is 19.3 Å². The van der Waals surface area contributed by atoms with E-state index >= 15 is 0 Å². The van der Waals surface area contributed by atoms with E-state index in [0.29, 0.717) is 56.0 Å². The Balaban J connectivity index is 1.17. The van der Waals surface area contributed by atoms with Gasteiger partial charge in [0.05, 0.1) is 41.4 Å². The molecule has 2 saturated carbocycles. The monoisotopic (exact) mass is 608 g/mol. The summed E-state index contributed by atoms with van der Waals surface area (Å²) < 4.78 is 10.8. The predicted octanol–water partition coefficient (Wildman–Crippen LogP) is 6.53. The van der Waals surface area contributed by atoms with Crippen molar-refractivity contribution in [2.24, 2.45) is 23.7 Å². The van der Waals surface area contributed by atoms with Gasteiger partial charge in [-0.15, -0.1) is 0 Å². The molecule has 0 radical (unpaired) electrons. The number of amides is 2. The SMILES string of the molecule is COc1ccc(C(=O)C(C)OC(=O)c2cc(-c3ccc(N4C(=O)C5C6CCC(C6)C5C4=O)cc3)nc3ccc(Cl)cc23)cc1. The average molecular weight is 609 g/mol. The fourth-order valence-electron chi connectivity index (χ4n) is 7.23. The maximum atomic E-state index is 13.5. The van der Waals surface area contributed by atoms with Gasteiger partial charge in [-0.05, 0) is 98.7 Å². The van der Waals surface area contributed by atoms with Crippen molar-refractivity contribution in [2.45, 2.75) is 32.3 Å². The van der Waals surface area contributed by atoms with Gasteiger partial charge in [0.2, 0.25) is 17.6 Å². The number of rotatable bonds is 7. The highest BCUT2D eigenvalue weighted by molar-refractivity contribution is 6.31. The van der Waals surface area contributed by atoms with Gasteiger partial charge >= 0.3 is 5.97 Å². The molecule has 3 aliphatic rings. The number of ketones is 1. The second-order valence-electron chi connectivity index (χ2n) is 11.8. The maximum absolute atomic E-state index is 13.5. The van der Waals surface area contributed by atoms with E-state index in [0.717, 1.165) is 19.3 Å². The number of anilines is 1. The van der Waals surface area contributed by atoms with Crippen molar-refractivity contribution in [3.63, 3.8) is 0 Å². The van der Waals surface area contributed by atoms with Gasteiger partial charge in [-0.1, -0.05) is 23.7 Å². The first-order valence-corrected chi connectivity index (χ1v) is 15.1. The molecule has 3 aromatic carbocycles. The van der Waals surface area contributed by atoms with Gasteiger partial charge in [0, 0.05) is 21.5 Å². The Morgan fingerprint density at radius 2 is 1.57 bits per heavy atom. The minimum atomic E-state index is -1.05. The van der Waals surface area contributed by atoms with Crippen LogP contribution in [-0.2, 0) is 14.3 Å². The highest BCUT2D eigenvalue weighted by Gasteiger charge is 2.61. The molecule has 1 saturated heterocycles. The van der Waals surface area contributed by atoms with Gasteiger partial charge in [0.25, 0.3) is 0 Å². The molecule has 44 heavy (non-hydrogen) atoms. The molecule has 7 rings (SSSR count). The topological polar surface area (TPSA) is 103 Å². The Hall–Kier alpha value is -4.56. The molecule has 5 atom stereocenters. The van der Waals surface area contributed by atoms with E-state index in [1.165, 1.54) is 18.9 Å². The molecule has 9 heteroatoms. The van der Waals surface area contributed by atoms with E-state index in [-0.39, 0.29) is 35.0 Å². The van der Waals surface area contributed by atoms with Gasteiger partial charge in [0.1, 0.15) is 5.75 Å². The van der Waals surface area contributed by atoms with Crippen LogP contribution in [0.25, 0.3) is 22.2 Å². The van der Waals surface area contributed by atoms with Crippen LogP contribution in [0.2, 0.25) is 5.02 Å². The summed E-state index contributed by atoms with van der Waals surface area (Å²) >= 11 is 6.27. The number of hydrogen-bond acceptors (Lipinski definition) is 7. The molecule has 222 valence electrons. The molecule has 3 fully saturated rings. The Bertz CT molecular complexity index is 1810. The van der Waals surface area contributed by atoms with Crippen molar-refractivity contribution in [1.29, 1.82) is 0 Å². The first-order valence-electron chi connectivity index (χ1n) is 14.7. The standard InChI is InChI=1S/C35H29ClN2O6/c1-18(32(39)20-7-12-25(43-2)13-8-20)44-35(42)27-17-29(37-28-14-9-23(36)16-26(27)28)19-5-10-24(11-6-19)38-33(40)30-21-3-4-22(15-21)31(30)34(38)41/h5-14,16-18,21-22,30-31H,3-4,15H2,1-2H3. The third kappa shape index (κ3) is 4.65. The summed E-state index contributed by atoms with van der Waals surface area (Å²) in [5, 5.41) is 0.910. The average Bonchev–Trinajstić information content (AvgIpc) is 3.73. The minimum absolute atomic E-state index is 0.0935. The van der Waals surface area contributed by atoms with Crippen LogP contribution in [0.4, 0.5) is 5.69 Å². The number of carbonyl (C=O) groups is 4. The zero-order valence-electron chi connectivity index (χ0n) is 24.2. The summed E-state index contributed by atoms with van der Waals surface area (Å²) in [6, 6.07) is 20.3. The Morgan fingerprint density at radius 1 is 0.909 bits per heavy atom. The van der Waals surface area contributed by atoms with Crippen LogP contribution in [0.5, 0.6) is 5.75 Å². The van der Waals surface area contributed by atoms with Crippen molar-refractivity contribution in [2.75, 3.05) is 12.0 Å². The number of benzene rings is 3. The van der Waals surface area contributed by atoms with Gasteiger partial charge in [-0.2, -0.15) is 0 Å². The Morgan fingerprint density at radius 3 is 2.20 bits per heavy atom. The molecule has 5 unspecified atom stereocenters. The van der Waals surface area contributed by atoms with Crippen LogP contribution in [0, 0.1) is 23.7 Å². The van der Waals surface area contributed by atoms with Gasteiger partial charge < -0.3 is 9.47 Å². The Kier molecular flexibility index (Phi) is 6.97. The predicted molar refractivity (Wildman–Crippen MR) is 165 cm³/mol. The normalized spacial score (nSPS) is 22.8. The quantitative estimate of drug-likeness (QED) is 0.134. The molecule has 2 bridgehead atoms. The van der Waals surface area contributed by atoms with Crippen molar-refractivity contribution in [3.05, 3.63) is 88.9 Å². The van der Waals surface area contributed by atoms with Gasteiger partial charge in [-0.25, -0.2) is 9.78 Å². The Labute approximate surface area is 258 Å². The molecule has 1 aliphatic heterocycles. The number of ether oxygens (including phenoxy) is 2. The lowest BCUT2D eigenvalue weighted by molar-refractivity contribution is -0.123. The molecule has 8 nitrogen and oxygen atoms in total. The molecule has 2 heterocycles. The molecule has 0 spiro atoms. The number of Topliss-reactive ketones (excluding diaryl/α,β-unsaturated/α-hetero) is 1. The summed E-state index contributed by atoms with van der Waals surface area (Å²) in [5.74, 6) is -0.377. The third-order valence-corrected chi connectivity index (χ3v) is 9.60. The van der Waals surface area contributed by atoms with Crippen molar-refractivity contribution >= 4 is 51.8 Å². The fourth-order valence-corrected chi connectivity index (χ4v) is 7.40. The molecule has 4 aromatic rings. The number of fused-ring (bicyclic) bond motifs is 6. The van der Waals surface area contributed by atoms with Crippen LogP contribution in [-0.4, -0.2) is 41.8 Å². The van der Waals surface area contributed by atoms with E-state index < -0.39 is 12.1 Å². The van der Waals surface area contributed by atoms with Crippen LogP contribution in [0.3, 0.4) is 0 Å². The molecule has 0 N–H and O–H groups in total. The van der Waals surface area contributed by atoms with Crippen molar-refractivity contribution in [1.82, 2.24) is 4.98 Å². The fraction of sp³-hybridized carbons (Fsp3) is 0.286. The number of esters is 1. The highest BCUT2D eigenvalue weighted by atomic mass is 35.5. The molecule has 2 amide bonds. The third-order valence-electron chi connectivity index (χ3n) is 9.37. The minimum Gasteiger partial charge on any atom is -0.497 e. The van der Waals surface area contributed by atoms with E-state index in [2.05, 4.69) is 0 Å². The number of methoxy groups -OCH3 is 1. The lowest BCUT2D eigenvalue weighted by Gasteiger charge is -2.19. The number of aromatic nitrogens is 1. The largest absolute Gasteiger partial charge is 0.497 e.